The number of nitrogens with zero attached hydrogens (tertiary/aromatic N) is 5. The Kier molecular flexibility index (Phi) is 8.15. The highest BCUT2D eigenvalue weighted by Crippen LogP contribution is 2.41. The van der Waals surface area contributed by atoms with Crippen molar-refractivity contribution >= 4 is 65.2 Å². The van der Waals surface area contributed by atoms with Crippen LogP contribution in [0.5, 0.6) is 0 Å². The van der Waals surface area contributed by atoms with E-state index in [1.54, 1.807) is 0 Å². The Labute approximate surface area is 368 Å². The fraction of sp³-hybridized carbons (Fsp3) is 0. The van der Waals surface area contributed by atoms with Gasteiger partial charge in [0, 0.05) is 49.6 Å². The van der Waals surface area contributed by atoms with Gasteiger partial charge >= 0.3 is 0 Å². The fourth-order valence-electron chi connectivity index (χ4n) is 9.82. The van der Waals surface area contributed by atoms with E-state index in [0.717, 1.165) is 82.8 Å². The minimum absolute atomic E-state index is 0.609. The first-order chi connectivity index (χ1) is 31.7. The van der Waals surface area contributed by atoms with Gasteiger partial charge in [0.2, 0.25) is 0 Å². The third kappa shape index (κ3) is 5.75. The zero-order chi connectivity index (χ0) is 42.1. The van der Waals surface area contributed by atoms with Crippen molar-refractivity contribution in [3.05, 3.63) is 224 Å². The Balaban J connectivity index is 1.10. The van der Waals surface area contributed by atoms with Gasteiger partial charge in [-0.1, -0.05) is 164 Å². The van der Waals surface area contributed by atoms with E-state index in [0.29, 0.717) is 17.5 Å². The second-order valence-electron chi connectivity index (χ2n) is 16.4. The number of rotatable bonds is 6. The first-order valence-electron chi connectivity index (χ1n) is 21.7. The van der Waals surface area contributed by atoms with Crippen LogP contribution in [0.1, 0.15) is 0 Å². The van der Waals surface area contributed by atoms with Gasteiger partial charge < -0.3 is 9.13 Å². The summed E-state index contributed by atoms with van der Waals surface area (Å²) in [5, 5.41) is 9.26. The summed E-state index contributed by atoms with van der Waals surface area (Å²) in [4.78, 5) is 16.3. The van der Waals surface area contributed by atoms with E-state index in [4.69, 9.17) is 15.0 Å². The minimum atomic E-state index is 0.609. The highest BCUT2D eigenvalue weighted by Gasteiger charge is 2.22. The lowest BCUT2D eigenvalue weighted by molar-refractivity contribution is 1.08. The first-order valence-corrected chi connectivity index (χ1v) is 21.7. The van der Waals surface area contributed by atoms with Gasteiger partial charge in [0.1, 0.15) is 0 Å². The van der Waals surface area contributed by atoms with Gasteiger partial charge in [-0.05, 0) is 93.3 Å². The van der Waals surface area contributed by atoms with Gasteiger partial charge in [-0.25, -0.2) is 15.0 Å². The largest absolute Gasteiger partial charge is 0.309 e. The normalized spacial score (nSPS) is 11.8. The zero-order valence-electron chi connectivity index (χ0n) is 34.6. The summed E-state index contributed by atoms with van der Waals surface area (Å²) in [5.41, 5.74) is 11.7. The average molecular weight is 816 g/mol. The Morgan fingerprint density at radius 1 is 0.266 bits per heavy atom. The van der Waals surface area contributed by atoms with Crippen LogP contribution in [0.2, 0.25) is 0 Å². The SMILES string of the molecule is c1ccc(-c2cccc(-c3nc(-c4cc(-n5c6ccccc6c6cc7ccccc7cc65)cc5ccccc45)nc(-c4cccc5c4c4ccccc4n5-c4ccccc4)n3)c2)cc1. The molecule has 5 heteroatoms. The number of aromatic nitrogens is 5. The second-order valence-corrected chi connectivity index (χ2v) is 16.4. The molecule has 0 fully saturated rings. The molecule has 3 aromatic heterocycles. The Morgan fingerprint density at radius 2 is 0.812 bits per heavy atom. The van der Waals surface area contributed by atoms with Crippen LogP contribution in [0, 0.1) is 0 Å². The Morgan fingerprint density at radius 3 is 1.61 bits per heavy atom. The van der Waals surface area contributed by atoms with Crippen LogP contribution in [0.15, 0.2) is 224 Å². The molecule has 0 unspecified atom stereocenters. The molecule has 13 aromatic rings. The summed E-state index contributed by atoms with van der Waals surface area (Å²) >= 11 is 0. The third-order valence-electron chi connectivity index (χ3n) is 12.7. The minimum Gasteiger partial charge on any atom is -0.309 e. The lowest BCUT2D eigenvalue weighted by Gasteiger charge is -2.15. The molecule has 0 aliphatic carbocycles. The molecule has 0 aliphatic rings. The van der Waals surface area contributed by atoms with Crippen molar-refractivity contribution in [1.82, 2.24) is 24.1 Å². The van der Waals surface area contributed by atoms with E-state index in [-0.39, 0.29) is 0 Å². The van der Waals surface area contributed by atoms with Crippen molar-refractivity contribution in [2.75, 3.05) is 0 Å². The number of hydrogen-bond acceptors (Lipinski definition) is 3. The molecule has 298 valence electrons. The van der Waals surface area contributed by atoms with Crippen LogP contribution in [0.4, 0.5) is 0 Å². The van der Waals surface area contributed by atoms with E-state index in [1.807, 2.05) is 6.07 Å². The molecule has 10 aromatic carbocycles. The molecule has 0 aliphatic heterocycles. The van der Waals surface area contributed by atoms with E-state index in [9.17, 15) is 0 Å². The fourth-order valence-corrected chi connectivity index (χ4v) is 9.82. The van der Waals surface area contributed by atoms with Crippen LogP contribution in [0.3, 0.4) is 0 Å². The summed E-state index contributed by atoms with van der Waals surface area (Å²) in [6, 6.07) is 79.8. The summed E-state index contributed by atoms with van der Waals surface area (Å²) < 4.78 is 4.74. The highest BCUT2D eigenvalue weighted by molar-refractivity contribution is 6.16. The van der Waals surface area contributed by atoms with Gasteiger partial charge in [-0.15, -0.1) is 0 Å². The molecular formula is C59H37N5. The maximum Gasteiger partial charge on any atom is 0.164 e. The topological polar surface area (TPSA) is 48.5 Å². The quantitative estimate of drug-likeness (QED) is 0.168. The van der Waals surface area contributed by atoms with Crippen LogP contribution < -0.4 is 0 Å². The standard InChI is InChI=1S/C59H37N5/c1-3-17-38(18-4-1)39-22-15-23-43(33-39)57-60-58(49-29-16-32-54-56(49)48-28-12-14-31-53(48)63(54)44-24-5-2-6-25-44)62-59(61-57)51-37-45(34-42-21-9-10-26-46(42)51)64-52-30-13-11-27-47(52)50-35-40-19-7-8-20-41(40)36-55(50)64/h1-37H. The van der Waals surface area contributed by atoms with Crippen molar-refractivity contribution in [2.24, 2.45) is 0 Å². The summed E-state index contributed by atoms with van der Waals surface area (Å²) in [6.45, 7) is 0. The molecule has 0 bridgehead atoms. The van der Waals surface area contributed by atoms with Gasteiger partial charge in [-0.2, -0.15) is 0 Å². The van der Waals surface area contributed by atoms with Gasteiger partial charge in [0.25, 0.3) is 0 Å². The van der Waals surface area contributed by atoms with Gasteiger partial charge in [0.05, 0.1) is 22.1 Å². The smallest absolute Gasteiger partial charge is 0.164 e. The molecule has 64 heavy (non-hydrogen) atoms. The van der Waals surface area contributed by atoms with E-state index in [1.165, 1.54) is 21.5 Å². The summed E-state index contributed by atoms with van der Waals surface area (Å²) in [7, 11) is 0. The van der Waals surface area contributed by atoms with E-state index in [2.05, 4.69) is 228 Å². The van der Waals surface area contributed by atoms with Crippen molar-refractivity contribution in [1.29, 1.82) is 0 Å². The zero-order valence-corrected chi connectivity index (χ0v) is 34.6. The molecule has 0 radical (unpaired) electrons. The van der Waals surface area contributed by atoms with Crippen molar-refractivity contribution in [3.8, 4) is 56.7 Å². The molecule has 0 atom stereocenters. The van der Waals surface area contributed by atoms with Crippen LogP contribution in [-0.4, -0.2) is 24.1 Å². The number of para-hydroxylation sites is 3. The maximum atomic E-state index is 5.52. The number of benzene rings is 10. The Bertz CT molecular complexity index is 3960. The molecule has 5 nitrogen and oxygen atoms in total. The highest BCUT2D eigenvalue weighted by atomic mass is 15.0. The molecule has 0 amide bonds. The lowest BCUT2D eigenvalue weighted by Crippen LogP contribution is -2.02. The average Bonchev–Trinajstić information content (AvgIpc) is 3.88. The predicted molar refractivity (Wildman–Crippen MR) is 265 cm³/mol. The molecule has 13 rings (SSSR count). The summed E-state index contributed by atoms with van der Waals surface area (Å²) in [6.07, 6.45) is 0. The van der Waals surface area contributed by atoms with Crippen LogP contribution >= 0.6 is 0 Å². The summed E-state index contributed by atoms with van der Waals surface area (Å²) in [5.74, 6) is 1.84. The molecular weight excluding hydrogens is 779 g/mol. The van der Waals surface area contributed by atoms with Gasteiger partial charge in [0.15, 0.2) is 17.5 Å². The Hall–Kier alpha value is -8.67. The molecule has 0 saturated heterocycles. The second kappa shape index (κ2) is 14.5. The predicted octanol–water partition coefficient (Wildman–Crippen LogP) is 15.0. The van der Waals surface area contributed by atoms with Crippen molar-refractivity contribution in [3.63, 3.8) is 0 Å². The number of fused-ring (bicyclic) bond motifs is 8. The first kappa shape index (κ1) is 36.0. The monoisotopic (exact) mass is 815 g/mol. The number of hydrogen-bond donors (Lipinski definition) is 0. The molecule has 0 saturated carbocycles. The third-order valence-corrected chi connectivity index (χ3v) is 12.7. The molecule has 0 N–H and O–H groups in total. The van der Waals surface area contributed by atoms with Crippen LogP contribution in [0.25, 0.3) is 122 Å². The maximum absolute atomic E-state index is 5.52. The van der Waals surface area contributed by atoms with E-state index < -0.39 is 0 Å². The van der Waals surface area contributed by atoms with E-state index >= 15 is 0 Å². The molecule has 3 heterocycles. The van der Waals surface area contributed by atoms with Crippen molar-refractivity contribution < 1.29 is 0 Å². The molecule has 0 spiro atoms. The van der Waals surface area contributed by atoms with Gasteiger partial charge in [-0.3, -0.25) is 0 Å². The lowest BCUT2D eigenvalue weighted by atomic mass is 10.0. The van der Waals surface area contributed by atoms with Crippen LogP contribution in [-0.2, 0) is 0 Å². The van der Waals surface area contributed by atoms with Crippen molar-refractivity contribution in [2.45, 2.75) is 0 Å².